The Balaban J connectivity index is 1.35. The van der Waals surface area contributed by atoms with Crippen LogP contribution < -0.4 is 0 Å². The van der Waals surface area contributed by atoms with E-state index in [9.17, 15) is 4.79 Å². The second-order valence-corrected chi connectivity index (χ2v) is 9.49. The number of hydrogen-bond donors (Lipinski definition) is 1. The van der Waals surface area contributed by atoms with Gasteiger partial charge < -0.3 is 4.42 Å². The molecule has 0 unspecified atom stereocenters. The maximum atomic E-state index is 12.6. The summed E-state index contributed by atoms with van der Waals surface area (Å²) in [5.41, 5.74) is 2.13. The molecule has 2 aliphatic heterocycles. The minimum absolute atomic E-state index is 0.0245. The number of rotatable bonds is 4. The van der Waals surface area contributed by atoms with E-state index in [1.54, 1.807) is 36.0 Å². The molecule has 0 aliphatic carbocycles. The first-order chi connectivity index (χ1) is 15.6. The maximum Gasteiger partial charge on any atom is 0.283 e. The summed E-state index contributed by atoms with van der Waals surface area (Å²) in [4.78, 5) is 16.7. The Morgan fingerprint density at radius 3 is 2.78 bits per heavy atom. The van der Waals surface area contributed by atoms with Gasteiger partial charge in [0.1, 0.15) is 11.5 Å². The number of hydrogen-bond acceptors (Lipinski definition) is 6. The van der Waals surface area contributed by atoms with E-state index in [1.165, 1.54) is 28.4 Å². The molecule has 32 heavy (non-hydrogen) atoms. The number of carbonyl (C=O) groups excluding carboxylic acids is 1. The molecule has 158 valence electrons. The Morgan fingerprint density at radius 1 is 1.12 bits per heavy atom. The molecule has 1 amide bonds. The van der Waals surface area contributed by atoms with Gasteiger partial charge in [0.05, 0.1) is 5.57 Å². The van der Waals surface area contributed by atoms with E-state index in [0.29, 0.717) is 21.7 Å². The zero-order valence-electron chi connectivity index (χ0n) is 16.5. The number of fused-ring (bicyclic) bond motifs is 1. The molecule has 0 saturated carbocycles. The highest BCUT2D eigenvalue weighted by molar-refractivity contribution is 8.45. The van der Waals surface area contributed by atoms with Gasteiger partial charge in [-0.15, -0.1) is 5.10 Å². The first-order valence-corrected chi connectivity index (χ1v) is 11.8. The number of hydrazone groups is 1. The van der Waals surface area contributed by atoms with Crippen LogP contribution in [0, 0.1) is 5.41 Å². The average Bonchev–Trinajstić information content (AvgIpc) is 3.43. The van der Waals surface area contributed by atoms with Gasteiger partial charge in [0.25, 0.3) is 5.91 Å². The Morgan fingerprint density at radius 2 is 1.97 bits per heavy atom. The topological polar surface area (TPSA) is 82.0 Å². The SMILES string of the molecule is N=C1/C(=C/c2ccc(-c3cccc(Cl)c3)o2)C(=O)N=C2SC(SCc3ccccc3)=NN12. The Kier molecular flexibility index (Phi) is 5.73. The van der Waals surface area contributed by atoms with Crippen LogP contribution in [0.3, 0.4) is 0 Å². The summed E-state index contributed by atoms with van der Waals surface area (Å²) in [6, 6.07) is 20.9. The number of carbonyl (C=O) groups is 1. The fraction of sp³-hybridized carbons (Fsp3) is 0.0435. The minimum atomic E-state index is -0.487. The summed E-state index contributed by atoms with van der Waals surface area (Å²) in [5, 5.41) is 15.4. The molecule has 0 saturated heterocycles. The molecule has 9 heteroatoms. The zero-order chi connectivity index (χ0) is 22.1. The van der Waals surface area contributed by atoms with E-state index < -0.39 is 5.91 Å². The van der Waals surface area contributed by atoms with Gasteiger partial charge in [-0.05, 0) is 47.7 Å². The number of nitrogens with one attached hydrogen (secondary N) is 1. The van der Waals surface area contributed by atoms with Crippen molar-refractivity contribution in [2.24, 2.45) is 10.1 Å². The fourth-order valence-corrected chi connectivity index (χ4v) is 5.20. The van der Waals surface area contributed by atoms with E-state index in [-0.39, 0.29) is 11.4 Å². The minimum Gasteiger partial charge on any atom is -0.457 e. The van der Waals surface area contributed by atoms with E-state index in [1.807, 2.05) is 42.5 Å². The van der Waals surface area contributed by atoms with Crippen molar-refractivity contribution in [1.82, 2.24) is 5.01 Å². The van der Waals surface area contributed by atoms with Crippen LogP contribution in [0.5, 0.6) is 0 Å². The third kappa shape index (κ3) is 4.29. The first-order valence-electron chi connectivity index (χ1n) is 9.59. The van der Waals surface area contributed by atoms with E-state index >= 15 is 0 Å². The Labute approximate surface area is 197 Å². The van der Waals surface area contributed by atoms with Crippen molar-refractivity contribution in [1.29, 1.82) is 5.41 Å². The number of benzene rings is 2. The molecule has 0 radical (unpaired) electrons. The highest BCUT2D eigenvalue weighted by Gasteiger charge is 2.36. The summed E-state index contributed by atoms with van der Waals surface area (Å²) in [6.07, 6.45) is 1.52. The average molecular weight is 479 g/mol. The van der Waals surface area contributed by atoms with Crippen LogP contribution in [0.15, 0.2) is 86.8 Å². The molecule has 6 nitrogen and oxygen atoms in total. The Hall–Kier alpha value is -3.07. The summed E-state index contributed by atoms with van der Waals surface area (Å²) in [7, 11) is 0. The summed E-state index contributed by atoms with van der Waals surface area (Å²) < 4.78 is 6.59. The van der Waals surface area contributed by atoms with Crippen LogP contribution >= 0.6 is 35.1 Å². The van der Waals surface area contributed by atoms with Gasteiger partial charge in [-0.25, -0.2) is 0 Å². The molecule has 3 heterocycles. The number of furan rings is 1. The van der Waals surface area contributed by atoms with E-state index in [4.69, 9.17) is 21.4 Å². The summed E-state index contributed by atoms with van der Waals surface area (Å²) >= 11 is 8.90. The molecule has 5 rings (SSSR count). The molecule has 0 spiro atoms. The lowest BCUT2D eigenvalue weighted by Crippen LogP contribution is -2.35. The summed E-state index contributed by atoms with van der Waals surface area (Å²) in [6.45, 7) is 0. The predicted molar refractivity (Wildman–Crippen MR) is 132 cm³/mol. The molecular formula is C23H15ClN4O2S2. The summed E-state index contributed by atoms with van der Waals surface area (Å²) in [5.74, 6) is 1.30. The molecule has 0 fully saturated rings. The highest BCUT2D eigenvalue weighted by atomic mass is 35.5. The van der Waals surface area contributed by atoms with Gasteiger partial charge >= 0.3 is 0 Å². The second-order valence-electron chi connectivity index (χ2n) is 6.87. The third-order valence-corrected chi connectivity index (χ3v) is 7.01. The number of amidine groups is 2. The quantitative estimate of drug-likeness (QED) is 0.457. The van der Waals surface area contributed by atoms with Crippen LogP contribution in [0.4, 0.5) is 0 Å². The Bertz CT molecular complexity index is 1310. The number of aliphatic imine (C=N–C) groups is 1. The first kappa shape index (κ1) is 20.8. The van der Waals surface area contributed by atoms with E-state index in [2.05, 4.69) is 10.1 Å². The molecule has 0 atom stereocenters. The van der Waals surface area contributed by atoms with Crippen molar-refractivity contribution in [3.8, 4) is 11.3 Å². The molecule has 1 aromatic heterocycles. The van der Waals surface area contributed by atoms with Crippen LogP contribution in [0.25, 0.3) is 17.4 Å². The maximum absolute atomic E-state index is 12.6. The van der Waals surface area contributed by atoms with Gasteiger partial charge in [-0.2, -0.15) is 10.0 Å². The molecule has 2 aliphatic rings. The largest absolute Gasteiger partial charge is 0.457 e. The highest BCUT2D eigenvalue weighted by Crippen LogP contribution is 2.34. The van der Waals surface area contributed by atoms with Gasteiger partial charge in [0, 0.05) is 16.3 Å². The zero-order valence-corrected chi connectivity index (χ0v) is 18.9. The van der Waals surface area contributed by atoms with Crippen LogP contribution in [0.2, 0.25) is 5.02 Å². The standard InChI is InChI=1S/C23H15ClN4O2S2/c24-16-8-4-7-15(11-16)19-10-9-17(30-19)12-18-20(25)28-22(26-21(18)29)32-23(27-28)31-13-14-5-2-1-3-6-14/h1-12,25H,13H2/b18-12-,25-20?. The number of thioether (sulfide) groups is 2. The molecule has 0 bridgehead atoms. The van der Waals surface area contributed by atoms with Gasteiger partial charge in [0.2, 0.25) is 5.17 Å². The van der Waals surface area contributed by atoms with Crippen molar-refractivity contribution in [3.63, 3.8) is 0 Å². The van der Waals surface area contributed by atoms with Crippen LogP contribution in [0.1, 0.15) is 11.3 Å². The van der Waals surface area contributed by atoms with E-state index in [0.717, 1.165) is 15.7 Å². The predicted octanol–water partition coefficient (Wildman–Crippen LogP) is 6.11. The number of halogens is 1. The monoisotopic (exact) mass is 478 g/mol. The van der Waals surface area contributed by atoms with Crippen LogP contribution in [-0.4, -0.2) is 26.3 Å². The van der Waals surface area contributed by atoms with Gasteiger partial charge in [-0.1, -0.05) is 65.8 Å². The van der Waals surface area contributed by atoms with Crippen molar-refractivity contribution >= 4 is 62.5 Å². The van der Waals surface area contributed by atoms with Crippen molar-refractivity contribution < 1.29 is 9.21 Å². The van der Waals surface area contributed by atoms with Crippen molar-refractivity contribution in [2.45, 2.75) is 5.75 Å². The second kappa shape index (κ2) is 8.82. The third-order valence-electron chi connectivity index (χ3n) is 4.66. The number of nitrogens with zero attached hydrogens (tertiary/aromatic N) is 3. The van der Waals surface area contributed by atoms with Crippen LogP contribution in [-0.2, 0) is 10.5 Å². The molecule has 1 N–H and O–H groups in total. The van der Waals surface area contributed by atoms with Crippen molar-refractivity contribution in [3.05, 3.63) is 88.6 Å². The van der Waals surface area contributed by atoms with Gasteiger partial charge in [-0.3, -0.25) is 10.2 Å². The van der Waals surface area contributed by atoms with Gasteiger partial charge in [0.15, 0.2) is 10.2 Å². The molecule has 2 aromatic carbocycles. The lowest BCUT2D eigenvalue weighted by atomic mass is 10.1. The normalized spacial score (nSPS) is 16.9. The lowest BCUT2D eigenvalue weighted by molar-refractivity contribution is -0.114. The smallest absolute Gasteiger partial charge is 0.283 e. The number of amides is 1. The fourth-order valence-electron chi connectivity index (χ4n) is 3.12. The lowest BCUT2D eigenvalue weighted by Gasteiger charge is -2.19. The molecular weight excluding hydrogens is 464 g/mol. The molecule has 3 aromatic rings. The van der Waals surface area contributed by atoms with Crippen molar-refractivity contribution in [2.75, 3.05) is 0 Å².